The molecule has 0 aliphatic carbocycles. The molecule has 0 bridgehead atoms. The summed E-state index contributed by atoms with van der Waals surface area (Å²) in [7, 11) is 0. The zero-order valence-corrected chi connectivity index (χ0v) is 19.4. The molecule has 7 nitrogen and oxygen atoms in total. The van der Waals surface area contributed by atoms with Gasteiger partial charge in [0.2, 0.25) is 12.7 Å². The Kier molecular flexibility index (Phi) is 5.22. The zero-order valence-electron chi connectivity index (χ0n) is 18.5. The highest BCUT2D eigenvalue weighted by molar-refractivity contribution is 7.99. The molecule has 8 heteroatoms. The molecule has 0 fully saturated rings. The fourth-order valence-electron chi connectivity index (χ4n) is 4.54. The van der Waals surface area contributed by atoms with Gasteiger partial charge < -0.3 is 14.4 Å². The molecule has 1 atom stereocenters. The molecule has 1 unspecified atom stereocenters. The monoisotopic (exact) mass is 470 g/mol. The van der Waals surface area contributed by atoms with E-state index in [9.17, 15) is 4.79 Å². The Labute approximate surface area is 201 Å². The van der Waals surface area contributed by atoms with Crippen LogP contribution in [0.25, 0.3) is 17.1 Å². The maximum Gasteiger partial charge on any atom is 0.237 e. The van der Waals surface area contributed by atoms with Crippen molar-refractivity contribution >= 4 is 23.4 Å². The smallest absolute Gasteiger partial charge is 0.237 e. The lowest BCUT2D eigenvalue weighted by Gasteiger charge is -2.22. The van der Waals surface area contributed by atoms with Crippen molar-refractivity contribution in [2.75, 3.05) is 17.4 Å². The van der Waals surface area contributed by atoms with Crippen molar-refractivity contribution in [3.8, 4) is 28.6 Å². The first kappa shape index (κ1) is 20.8. The van der Waals surface area contributed by atoms with Crippen LogP contribution in [-0.4, -0.2) is 39.3 Å². The van der Waals surface area contributed by atoms with E-state index in [1.807, 2.05) is 76.2 Å². The molecule has 0 spiro atoms. The van der Waals surface area contributed by atoms with Crippen molar-refractivity contribution in [3.05, 3.63) is 78.4 Å². The van der Waals surface area contributed by atoms with Crippen molar-refractivity contribution in [2.45, 2.75) is 24.5 Å². The molecule has 34 heavy (non-hydrogen) atoms. The number of benzene rings is 3. The Morgan fingerprint density at radius 3 is 2.68 bits per heavy atom. The third kappa shape index (κ3) is 3.60. The van der Waals surface area contributed by atoms with Gasteiger partial charge in [0.05, 0.1) is 5.75 Å². The predicted molar refractivity (Wildman–Crippen MR) is 131 cm³/mol. The van der Waals surface area contributed by atoms with E-state index in [1.165, 1.54) is 17.3 Å². The lowest BCUT2D eigenvalue weighted by molar-refractivity contribution is -0.116. The number of thioether (sulfide) groups is 1. The fraction of sp³-hybridized carbons (Fsp3) is 0.192. The predicted octanol–water partition coefficient (Wildman–Crippen LogP) is 4.73. The van der Waals surface area contributed by atoms with Crippen LogP contribution in [0.5, 0.6) is 11.5 Å². The lowest BCUT2D eigenvalue weighted by atomic mass is 10.1. The van der Waals surface area contributed by atoms with E-state index in [-0.39, 0.29) is 24.5 Å². The number of anilines is 1. The number of hydrogen-bond acceptors (Lipinski definition) is 6. The van der Waals surface area contributed by atoms with Crippen LogP contribution < -0.4 is 14.4 Å². The van der Waals surface area contributed by atoms with E-state index in [2.05, 4.69) is 23.2 Å². The van der Waals surface area contributed by atoms with Gasteiger partial charge in [-0.05, 0) is 55.3 Å². The van der Waals surface area contributed by atoms with Crippen LogP contribution in [-0.2, 0) is 11.2 Å². The van der Waals surface area contributed by atoms with Crippen molar-refractivity contribution in [2.24, 2.45) is 0 Å². The van der Waals surface area contributed by atoms with Crippen LogP contribution in [0.1, 0.15) is 12.5 Å². The third-order valence-electron chi connectivity index (χ3n) is 6.08. The third-order valence-corrected chi connectivity index (χ3v) is 6.99. The largest absolute Gasteiger partial charge is 0.454 e. The van der Waals surface area contributed by atoms with E-state index < -0.39 is 0 Å². The van der Waals surface area contributed by atoms with Gasteiger partial charge in [0.25, 0.3) is 0 Å². The van der Waals surface area contributed by atoms with Crippen molar-refractivity contribution in [1.82, 2.24) is 14.8 Å². The maximum absolute atomic E-state index is 13.3. The van der Waals surface area contributed by atoms with E-state index in [4.69, 9.17) is 9.47 Å². The number of hydrogen-bond donors (Lipinski definition) is 0. The number of ether oxygens (including phenoxy) is 2. The average Bonchev–Trinajstić information content (AvgIpc) is 3.58. The van der Waals surface area contributed by atoms with Gasteiger partial charge in [-0.1, -0.05) is 48.2 Å². The highest BCUT2D eigenvalue weighted by Crippen LogP contribution is 2.37. The molecule has 3 aromatic carbocycles. The number of amides is 1. The Morgan fingerprint density at radius 1 is 1.00 bits per heavy atom. The normalized spacial score (nSPS) is 16.0. The summed E-state index contributed by atoms with van der Waals surface area (Å²) in [5.74, 6) is 2.42. The number of rotatable bonds is 5. The molecule has 0 N–H and O–H groups in total. The van der Waals surface area contributed by atoms with E-state index >= 15 is 0 Å². The minimum atomic E-state index is 0.0645. The fourth-order valence-corrected chi connectivity index (χ4v) is 5.35. The molecule has 0 saturated heterocycles. The number of para-hydroxylation sites is 2. The van der Waals surface area contributed by atoms with E-state index in [1.54, 1.807) is 0 Å². The first-order valence-electron chi connectivity index (χ1n) is 11.1. The Balaban J connectivity index is 1.31. The lowest BCUT2D eigenvalue weighted by Crippen LogP contribution is -2.37. The molecule has 0 radical (unpaired) electrons. The second kappa shape index (κ2) is 8.53. The first-order chi connectivity index (χ1) is 16.7. The molecular weight excluding hydrogens is 448 g/mol. The van der Waals surface area contributed by atoms with Gasteiger partial charge in [-0.2, -0.15) is 0 Å². The van der Waals surface area contributed by atoms with Crippen LogP contribution in [0.2, 0.25) is 0 Å². The maximum atomic E-state index is 13.3. The van der Waals surface area contributed by atoms with Crippen molar-refractivity contribution in [1.29, 1.82) is 0 Å². The second-order valence-electron chi connectivity index (χ2n) is 8.28. The molecule has 1 amide bonds. The van der Waals surface area contributed by atoms with Gasteiger partial charge in [0.15, 0.2) is 22.5 Å². The summed E-state index contributed by atoms with van der Waals surface area (Å²) in [5.41, 5.74) is 4.01. The van der Waals surface area contributed by atoms with E-state index in [0.29, 0.717) is 16.7 Å². The van der Waals surface area contributed by atoms with Gasteiger partial charge >= 0.3 is 0 Å². The Morgan fingerprint density at radius 2 is 1.79 bits per heavy atom. The summed E-state index contributed by atoms with van der Waals surface area (Å²) in [6, 6.07) is 23.9. The molecule has 1 aromatic heterocycles. The summed E-state index contributed by atoms with van der Waals surface area (Å²) in [6.07, 6.45) is 0.876. The molecule has 0 saturated carbocycles. The topological polar surface area (TPSA) is 69.5 Å². The summed E-state index contributed by atoms with van der Waals surface area (Å²) in [4.78, 5) is 15.2. The number of nitrogens with zero attached hydrogens (tertiary/aromatic N) is 4. The van der Waals surface area contributed by atoms with E-state index in [0.717, 1.165) is 29.1 Å². The van der Waals surface area contributed by atoms with Crippen LogP contribution in [0.4, 0.5) is 5.69 Å². The molecule has 3 heterocycles. The summed E-state index contributed by atoms with van der Waals surface area (Å²) in [6.45, 7) is 2.30. The number of aromatic nitrogens is 3. The van der Waals surface area contributed by atoms with Gasteiger partial charge in [-0.3, -0.25) is 9.36 Å². The first-order valence-corrected chi connectivity index (χ1v) is 12.1. The summed E-state index contributed by atoms with van der Waals surface area (Å²) < 4.78 is 13.0. The summed E-state index contributed by atoms with van der Waals surface area (Å²) in [5, 5.41) is 9.60. The van der Waals surface area contributed by atoms with Crippen molar-refractivity contribution < 1.29 is 14.3 Å². The van der Waals surface area contributed by atoms with Gasteiger partial charge in [0.1, 0.15) is 0 Å². The molecule has 4 aromatic rings. The number of carbonyl (C=O) groups is 1. The zero-order chi connectivity index (χ0) is 23.1. The standard InChI is InChI=1S/C26H22N4O3S/c1-17-13-18-7-5-6-10-21(18)29(17)24(31)15-34-26-28-27-25(30(26)20-8-3-2-4-9-20)19-11-12-22-23(14-19)33-16-32-22/h2-12,14,17H,13,15-16H2,1H3. The van der Waals surface area contributed by atoms with Crippen LogP contribution >= 0.6 is 11.8 Å². The quantitative estimate of drug-likeness (QED) is 0.393. The number of fused-ring (bicyclic) bond motifs is 2. The second-order valence-corrected chi connectivity index (χ2v) is 9.22. The molecule has 170 valence electrons. The van der Waals surface area contributed by atoms with Gasteiger partial charge in [-0.15, -0.1) is 10.2 Å². The number of carbonyl (C=O) groups excluding carboxylic acids is 1. The Hall–Kier alpha value is -3.78. The van der Waals surface area contributed by atoms with Crippen LogP contribution in [0, 0.1) is 0 Å². The van der Waals surface area contributed by atoms with Crippen LogP contribution in [0.15, 0.2) is 78.0 Å². The molecule has 2 aliphatic heterocycles. The molecule has 2 aliphatic rings. The van der Waals surface area contributed by atoms with Gasteiger partial charge in [0, 0.05) is 23.0 Å². The highest BCUT2D eigenvalue weighted by atomic mass is 32.2. The van der Waals surface area contributed by atoms with Crippen molar-refractivity contribution in [3.63, 3.8) is 0 Å². The Bertz CT molecular complexity index is 1370. The highest BCUT2D eigenvalue weighted by Gasteiger charge is 2.31. The minimum Gasteiger partial charge on any atom is -0.454 e. The average molecular weight is 471 g/mol. The minimum absolute atomic E-state index is 0.0645. The summed E-state index contributed by atoms with van der Waals surface area (Å²) >= 11 is 1.40. The molecular formula is C26H22N4O3S. The molecule has 6 rings (SSSR count). The van der Waals surface area contributed by atoms with Crippen LogP contribution in [0.3, 0.4) is 0 Å². The van der Waals surface area contributed by atoms with Gasteiger partial charge in [-0.25, -0.2) is 0 Å². The SMILES string of the molecule is CC1Cc2ccccc2N1C(=O)CSc1nnc(-c2ccc3c(c2)OCO3)n1-c1ccccc1.